The van der Waals surface area contributed by atoms with Crippen molar-refractivity contribution in [2.24, 2.45) is 17.6 Å². The normalized spacial score (nSPS) is 23.8. The zero-order valence-electron chi connectivity index (χ0n) is 20.0. The van der Waals surface area contributed by atoms with E-state index in [0.717, 1.165) is 75.9 Å². The minimum atomic E-state index is -0.135. The summed E-state index contributed by atoms with van der Waals surface area (Å²) >= 11 is 0. The summed E-state index contributed by atoms with van der Waals surface area (Å²) in [5.41, 5.74) is 6.67. The molecule has 4 aliphatic heterocycles. The number of nitrogens with zero attached hydrogens (tertiary/aromatic N) is 2. The lowest BCUT2D eigenvalue weighted by Crippen LogP contribution is -2.32. The van der Waals surface area contributed by atoms with Crippen LogP contribution in [0.5, 0.6) is 11.5 Å². The van der Waals surface area contributed by atoms with E-state index in [1.807, 2.05) is 6.07 Å². The van der Waals surface area contributed by atoms with Crippen LogP contribution in [0.4, 0.5) is 0 Å². The number of likely N-dealkylation sites (tertiary alicyclic amines) is 2. The van der Waals surface area contributed by atoms with Crippen molar-refractivity contribution in [3.05, 3.63) is 23.8 Å². The number of fused-ring (bicyclic) bond motifs is 1. The van der Waals surface area contributed by atoms with Crippen LogP contribution in [0.1, 0.15) is 44.1 Å². The first-order chi connectivity index (χ1) is 16.2. The van der Waals surface area contributed by atoms with Crippen LogP contribution < -0.4 is 15.2 Å². The van der Waals surface area contributed by atoms with E-state index in [9.17, 15) is 4.79 Å². The molecule has 0 spiro atoms. The molecule has 33 heavy (non-hydrogen) atoms. The van der Waals surface area contributed by atoms with Gasteiger partial charge in [0.15, 0.2) is 11.5 Å². The van der Waals surface area contributed by atoms with E-state index in [1.165, 1.54) is 44.5 Å². The van der Waals surface area contributed by atoms with Gasteiger partial charge in [-0.2, -0.15) is 0 Å². The molecule has 4 aliphatic rings. The van der Waals surface area contributed by atoms with Gasteiger partial charge in [-0.1, -0.05) is 6.07 Å². The zero-order chi connectivity index (χ0) is 22.9. The maximum atomic E-state index is 11.0. The van der Waals surface area contributed by atoms with E-state index in [1.54, 1.807) is 0 Å². The van der Waals surface area contributed by atoms with Crippen molar-refractivity contribution in [1.29, 1.82) is 0 Å². The molecule has 3 fully saturated rings. The van der Waals surface area contributed by atoms with Gasteiger partial charge in [0.05, 0.1) is 5.92 Å². The number of hydrogen-bond donors (Lipinski definition) is 1. The van der Waals surface area contributed by atoms with E-state index >= 15 is 0 Å². The second-order valence-corrected chi connectivity index (χ2v) is 9.83. The molecule has 1 amide bonds. The van der Waals surface area contributed by atoms with Gasteiger partial charge >= 0.3 is 0 Å². The van der Waals surface area contributed by atoms with Crippen LogP contribution in [0.3, 0.4) is 0 Å². The third-order valence-electron chi connectivity index (χ3n) is 7.28. The van der Waals surface area contributed by atoms with Crippen LogP contribution in [0.25, 0.3) is 0 Å². The second-order valence-electron chi connectivity index (χ2n) is 9.83. The lowest BCUT2D eigenvalue weighted by Gasteiger charge is -2.26. The number of amides is 1. The van der Waals surface area contributed by atoms with Gasteiger partial charge in [-0.3, -0.25) is 4.79 Å². The monoisotopic (exact) mass is 459 g/mol. The topological polar surface area (TPSA) is 77.3 Å². The second kappa shape index (κ2) is 12.6. The maximum Gasteiger partial charge on any atom is 0.221 e. The van der Waals surface area contributed by atoms with E-state index < -0.39 is 0 Å². The standard InChI is InChI=1S/C15H21NO2.C11H20N2O2/c1-2-8-16(7-1)9-3-4-13-5-6-14-15(12-13)18-11-10-17-14;12-11(14)10-1-4-13(8-10)7-9-2-5-15-6-3-9/h5-6,12H,1-4,7-11H2;9-10H,1-8H2,(H2,12,14). The van der Waals surface area contributed by atoms with Crippen LogP contribution >= 0.6 is 0 Å². The summed E-state index contributed by atoms with van der Waals surface area (Å²) in [4.78, 5) is 16.0. The first-order valence-corrected chi connectivity index (χ1v) is 12.9. The fourth-order valence-corrected chi connectivity index (χ4v) is 5.28. The van der Waals surface area contributed by atoms with Crippen molar-refractivity contribution in [3.63, 3.8) is 0 Å². The Morgan fingerprint density at radius 3 is 2.42 bits per heavy atom. The summed E-state index contributed by atoms with van der Waals surface area (Å²) < 4.78 is 16.5. The minimum Gasteiger partial charge on any atom is -0.486 e. The van der Waals surface area contributed by atoms with Gasteiger partial charge in [0.25, 0.3) is 0 Å². The van der Waals surface area contributed by atoms with Crippen molar-refractivity contribution in [3.8, 4) is 11.5 Å². The fourth-order valence-electron chi connectivity index (χ4n) is 5.28. The molecule has 5 rings (SSSR count). The number of nitrogens with two attached hydrogens (primary N) is 1. The molecule has 184 valence electrons. The third kappa shape index (κ3) is 7.59. The van der Waals surface area contributed by atoms with Crippen molar-refractivity contribution < 1.29 is 19.0 Å². The molecular formula is C26H41N3O4. The molecule has 0 saturated carbocycles. The molecule has 3 saturated heterocycles. The highest BCUT2D eigenvalue weighted by Crippen LogP contribution is 2.31. The molecule has 7 nitrogen and oxygen atoms in total. The Labute approximate surface area is 198 Å². The van der Waals surface area contributed by atoms with Crippen molar-refractivity contribution >= 4 is 5.91 Å². The van der Waals surface area contributed by atoms with Gasteiger partial charge < -0.3 is 29.7 Å². The zero-order valence-corrected chi connectivity index (χ0v) is 20.0. The summed E-state index contributed by atoms with van der Waals surface area (Å²) in [6.07, 6.45) is 8.40. The first-order valence-electron chi connectivity index (χ1n) is 12.9. The predicted molar refractivity (Wildman–Crippen MR) is 129 cm³/mol. The molecule has 1 unspecified atom stereocenters. The number of aryl methyl sites for hydroxylation is 1. The van der Waals surface area contributed by atoms with Gasteiger partial charge in [0.1, 0.15) is 13.2 Å². The van der Waals surface area contributed by atoms with E-state index in [4.69, 9.17) is 19.9 Å². The Bertz CT molecular complexity index is 747. The predicted octanol–water partition coefficient (Wildman–Crippen LogP) is 2.71. The Morgan fingerprint density at radius 2 is 1.70 bits per heavy atom. The Morgan fingerprint density at radius 1 is 0.939 bits per heavy atom. The van der Waals surface area contributed by atoms with Crippen LogP contribution in [-0.4, -0.2) is 81.4 Å². The van der Waals surface area contributed by atoms with Crippen molar-refractivity contribution in [2.45, 2.75) is 44.9 Å². The maximum absolute atomic E-state index is 11.0. The number of benzene rings is 1. The first kappa shape index (κ1) is 24.3. The Balaban J connectivity index is 0.000000160. The lowest BCUT2D eigenvalue weighted by molar-refractivity contribution is -0.121. The molecule has 0 aromatic heterocycles. The Hall–Kier alpha value is -1.83. The van der Waals surface area contributed by atoms with Gasteiger partial charge in [0.2, 0.25) is 5.91 Å². The SMILES string of the molecule is NC(=O)C1CCN(CC2CCOCC2)C1.c1cc2c(cc1CCCN1CCCC1)OCCO2. The minimum absolute atomic E-state index is 0.0878. The number of hydrogen-bond acceptors (Lipinski definition) is 6. The van der Waals surface area contributed by atoms with E-state index in [2.05, 4.69) is 21.9 Å². The van der Waals surface area contributed by atoms with Gasteiger partial charge in [-0.15, -0.1) is 0 Å². The van der Waals surface area contributed by atoms with Gasteiger partial charge in [0, 0.05) is 26.3 Å². The highest BCUT2D eigenvalue weighted by Gasteiger charge is 2.28. The highest BCUT2D eigenvalue weighted by atomic mass is 16.6. The molecular weight excluding hydrogens is 418 g/mol. The molecule has 7 heteroatoms. The molecule has 1 aromatic rings. The molecule has 0 bridgehead atoms. The number of primary amides is 1. The number of carbonyl (C=O) groups is 1. The quantitative estimate of drug-likeness (QED) is 0.676. The summed E-state index contributed by atoms with van der Waals surface area (Å²) in [6.45, 7) is 9.97. The molecule has 0 radical (unpaired) electrons. The third-order valence-corrected chi connectivity index (χ3v) is 7.28. The van der Waals surface area contributed by atoms with Crippen molar-refractivity contribution in [1.82, 2.24) is 9.80 Å². The summed E-state index contributed by atoms with van der Waals surface area (Å²) in [5, 5.41) is 0. The number of ether oxygens (including phenoxy) is 3. The number of carbonyl (C=O) groups excluding carboxylic acids is 1. The van der Waals surface area contributed by atoms with Crippen LogP contribution in [0, 0.1) is 11.8 Å². The summed E-state index contributed by atoms with van der Waals surface area (Å²) in [5.74, 6) is 2.52. The number of rotatable bonds is 7. The summed E-state index contributed by atoms with van der Waals surface area (Å²) in [6, 6.07) is 6.34. The average Bonchev–Trinajstić information content (AvgIpc) is 3.53. The largest absolute Gasteiger partial charge is 0.486 e. The molecule has 2 N–H and O–H groups in total. The average molecular weight is 460 g/mol. The van der Waals surface area contributed by atoms with E-state index in [0.29, 0.717) is 13.2 Å². The van der Waals surface area contributed by atoms with E-state index in [-0.39, 0.29) is 11.8 Å². The smallest absolute Gasteiger partial charge is 0.221 e. The molecule has 0 aliphatic carbocycles. The molecule has 1 aromatic carbocycles. The highest BCUT2D eigenvalue weighted by molar-refractivity contribution is 5.77. The van der Waals surface area contributed by atoms with Gasteiger partial charge in [-0.05, 0) is 94.7 Å². The molecule has 4 heterocycles. The Kier molecular flexibility index (Phi) is 9.26. The van der Waals surface area contributed by atoms with Crippen molar-refractivity contribution in [2.75, 3.05) is 65.7 Å². The fraction of sp³-hybridized carbons (Fsp3) is 0.731. The van der Waals surface area contributed by atoms with Crippen LogP contribution in [0.15, 0.2) is 18.2 Å². The van der Waals surface area contributed by atoms with Crippen LogP contribution in [0.2, 0.25) is 0 Å². The van der Waals surface area contributed by atoms with Gasteiger partial charge in [-0.25, -0.2) is 0 Å². The lowest BCUT2D eigenvalue weighted by atomic mass is 10.00. The molecule has 1 atom stereocenters. The van der Waals surface area contributed by atoms with Crippen LogP contribution in [-0.2, 0) is 16.0 Å². The summed E-state index contributed by atoms with van der Waals surface area (Å²) in [7, 11) is 0.